The zero-order valence-electron chi connectivity index (χ0n) is 13.5. The largest absolute Gasteiger partial charge is 0.469 e. The Balaban J connectivity index is 2.42. The smallest absolute Gasteiger partial charge is 0.307 e. The van der Waals surface area contributed by atoms with E-state index in [0.29, 0.717) is 18.0 Å². The van der Waals surface area contributed by atoms with E-state index in [-0.39, 0.29) is 24.3 Å². The molecule has 1 aromatic rings. The van der Waals surface area contributed by atoms with Gasteiger partial charge in [-0.15, -0.1) is 0 Å². The van der Waals surface area contributed by atoms with Gasteiger partial charge in [0, 0.05) is 24.0 Å². The number of ether oxygens (including phenoxy) is 1. The van der Waals surface area contributed by atoms with E-state index in [9.17, 15) is 9.59 Å². The van der Waals surface area contributed by atoms with Crippen LogP contribution in [0.2, 0.25) is 5.02 Å². The van der Waals surface area contributed by atoms with Crippen LogP contribution < -0.4 is 0 Å². The third-order valence-electron chi connectivity index (χ3n) is 3.50. The second kappa shape index (κ2) is 9.46. The van der Waals surface area contributed by atoms with Gasteiger partial charge in [0.05, 0.1) is 13.5 Å². The molecule has 0 atom stereocenters. The molecule has 0 fully saturated rings. The highest BCUT2D eigenvalue weighted by molar-refractivity contribution is 6.30. The highest BCUT2D eigenvalue weighted by Crippen LogP contribution is 2.13. The summed E-state index contributed by atoms with van der Waals surface area (Å²) in [6.07, 6.45) is 2.33. The number of aryl methyl sites for hydroxylation is 1. The molecule has 1 aromatic carbocycles. The molecular weight excluding hydrogens is 302 g/mol. The first kappa shape index (κ1) is 18.5. The quantitative estimate of drug-likeness (QED) is 0.688. The molecule has 0 unspecified atom stereocenters. The Morgan fingerprint density at radius 1 is 1.18 bits per heavy atom. The maximum Gasteiger partial charge on any atom is 0.307 e. The van der Waals surface area contributed by atoms with Crippen LogP contribution in [0.25, 0.3) is 0 Å². The molecule has 0 aliphatic rings. The summed E-state index contributed by atoms with van der Waals surface area (Å²) in [5.74, 6) is -0.215. The Bertz CT molecular complexity index is 485. The summed E-state index contributed by atoms with van der Waals surface area (Å²) in [4.78, 5) is 25.2. The number of esters is 1. The van der Waals surface area contributed by atoms with Crippen LogP contribution in [0.1, 0.15) is 38.7 Å². The predicted molar refractivity (Wildman–Crippen MR) is 87.9 cm³/mol. The van der Waals surface area contributed by atoms with E-state index < -0.39 is 0 Å². The number of hydrogen-bond donors (Lipinski definition) is 0. The number of hydrogen-bond acceptors (Lipinski definition) is 3. The molecule has 0 aliphatic heterocycles. The number of carbonyl (C=O) groups is 2. The van der Waals surface area contributed by atoms with E-state index in [1.807, 2.05) is 38.1 Å². The number of benzene rings is 1. The Morgan fingerprint density at radius 3 is 2.36 bits per heavy atom. The van der Waals surface area contributed by atoms with Gasteiger partial charge in [0.1, 0.15) is 0 Å². The summed E-state index contributed by atoms with van der Waals surface area (Å²) in [6.45, 7) is 4.31. The molecule has 1 rings (SSSR count). The predicted octanol–water partition coefficient (Wildman–Crippen LogP) is 3.46. The van der Waals surface area contributed by atoms with Crippen LogP contribution >= 0.6 is 11.6 Å². The Kier molecular flexibility index (Phi) is 7.96. The van der Waals surface area contributed by atoms with Crippen molar-refractivity contribution in [1.82, 2.24) is 4.90 Å². The number of methoxy groups -OCH3 is 1. The van der Waals surface area contributed by atoms with Crippen LogP contribution in [-0.2, 0) is 20.7 Å². The molecular formula is C17H24ClNO3. The lowest BCUT2D eigenvalue weighted by molar-refractivity contribution is -0.142. The van der Waals surface area contributed by atoms with Gasteiger partial charge in [-0.2, -0.15) is 0 Å². The topological polar surface area (TPSA) is 46.6 Å². The van der Waals surface area contributed by atoms with Crippen molar-refractivity contribution in [2.75, 3.05) is 13.7 Å². The van der Waals surface area contributed by atoms with Gasteiger partial charge in [-0.1, -0.05) is 23.7 Å². The van der Waals surface area contributed by atoms with Crippen LogP contribution in [0, 0.1) is 0 Å². The molecule has 0 heterocycles. The van der Waals surface area contributed by atoms with Crippen LogP contribution in [0.5, 0.6) is 0 Å². The Morgan fingerprint density at radius 2 is 1.82 bits per heavy atom. The first-order chi connectivity index (χ1) is 10.4. The molecule has 0 spiro atoms. The lowest BCUT2D eigenvalue weighted by Gasteiger charge is -2.26. The minimum absolute atomic E-state index is 0.0766. The first-order valence-corrected chi connectivity index (χ1v) is 7.92. The third-order valence-corrected chi connectivity index (χ3v) is 3.75. The van der Waals surface area contributed by atoms with Crippen LogP contribution in [-0.4, -0.2) is 36.5 Å². The zero-order chi connectivity index (χ0) is 16.5. The van der Waals surface area contributed by atoms with Crippen molar-refractivity contribution >= 4 is 23.5 Å². The molecule has 0 bridgehead atoms. The molecule has 1 amide bonds. The minimum Gasteiger partial charge on any atom is -0.469 e. The van der Waals surface area contributed by atoms with Gasteiger partial charge in [0.25, 0.3) is 0 Å². The molecule has 4 nitrogen and oxygen atoms in total. The van der Waals surface area contributed by atoms with Gasteiger partial charge in [-0.3, -0.25) is 9.59 Å². The van der Waals surface area contributed by atoms with E-state index >= 15 is 0 Å². The molecule has 22 heavy (non-hydrogen) atoms. The van der Waals surface area contributed by atoms with E-state index in [0.717, 1.165) is 12.8 Å². The van der Waals surface area contributed by atoms with Crippen LogP contribution in [0.4, 0.5) is 0 Å². The van der Waals surface area contributed by atoms with E-state index in [1.54, 1.807) is 4.90 Å². The Hall–Kier alpha value is -1.55. The molecule has 0 saturated heterocycles. The average molecular weight is 326 g/mol. The van der Waals surface area contributed by atoms with Crippen molar-refractivity contribution in [1.29, 1.82) is 0 Å². The van der Waals surface area contributed by atoms with Crippen LogP contribution in [0.15, 0.2) is 24.3 Å². The SMILES string of the molecule is COC(=O)CCN(C(=O)CCCc1ccc(Cl)cc1)C(C)C. The van der Waals surface area contributed by atoms with E-state index in [1.165, 1.54) is 12.7 Å². The molecule has 0 saturated carbocycles. The number of halogens is 1. The number of amides is 1. The van der Waals surface area contributed by atoms with Crippen LogP contribution in [0.3, 0.4) is 0 Å². The van der Waals surface area contributed by atoms with Gasteiger partial charge in [0.15, 0.2) is 0 Å². The lowest BCUT2D eigenvalue weighted by Crippen LogP contribution is -2.38. The third kappa shape index (κ3) is 6.48. The highest BCUT2D eigenvalue weighted by atomic mass is 35.5. The maximum absolute atomic E-state index is 12.3. The number of carbonyl (C=O) groups excluding carboxylic acids is 2. The van der Waals surface area contributed by atoms with Gasteiger partial charge in [-0.25, -0.2) is 0 Å². The summed E-state index contributed by atoms with van der Waals surface area (Å²) < 4.78 is 4.62. The van der Waals surface area contributed by atoms with Crippen molar-refractivity contribution in [3.63, 3.8) is 0 Å². The summed E-state index contributed by atoms with van der Waals surface area (Å²) in [7, 11) is 1.36. The van der Waals surface area contributed by atoms with Gasteiger partial charge < -0.3 is 9.64 Å². The zero-order valence-corrected chi connectivity index (χ0v) is 14.2. The molecule has 0 radical (unpaired) electrons. The van der Waals surface area contributed by atoms with E-state index in [2.05, 4.69) is 4.74 Å². The van der Waals surface area contributed by atoms with Crippen molar-refractivity contribution in [3.05, 3.63) is 34.9 Å². The summed E-state index contributed by atoms with van der Waals surface area (Å²) >= 11 is 5.85. The maximum atomic E-state index is 12.3. The minimum atomic E-state index is -0.292. The van der Waals surface area contributed by atoms with Crippen molar-refractivity contribution in [2.45, 2.75) is 45.6 Å². The normalized spacial score (nSPS) is 10.6. The van der Waals surface area contributed by atoms with E-state index in [4.69, 9.17) is 11.6 Å². The Labute approximate surface area is 137 Å². The van der Waals surface area contributed by atoms with Gasteiger partial charge in [0.2, 0.25) is 5.91 Å². The summed E-state index contributed by atoms with van der Waals surface area (Å²) in [6, 6.07) is 7.74. The molecule has 5 heteroatoms. The van der Waals surface area contributed by atoms with Gasteiger partial charge in [-0.05, 0) is 44.4 Å². The number of nitrogens with zero attached hydrogens (tertiary/aromatic N) is 1. The summed E-state index contributed by atoms with van der Waals surface area (Å²) in [5.41, 5.74) is 1.17. The first-order valence-electron chi connectivity index (χ1n) is 7.54. The molecule has 0 aromatic heterocycles. The van der Waals surface area contributed by atoms with Crippen molar-refractivity contribution in [3.8, 4) is 0 Å². The fraction of sp³-hybridized carbons (Fsp3) is 0.529. The fourth-order valence-corrected chi connectivity index (χ4v) is 2.35. The monoisotopic (exact) mass is 325 g/mol. The second-order valence-corrected chi connectivity index (χ2v) is 5.92. The molecule has 122 valence electrons. The van der Waals surface area contributed by atoms with Gasteiger partial charge >= 0.3 is 5.97 Å². The molecule has 0 aliphatic carbocycles. The van der Waals surface area contributed by atoms with Crippen molar-refractivity contribution in [2.24, 2.45) is 0 Å². The number of rotatable bonds is 8. The fourth-order valence-electron chi connectivity index (χ4n) is 2.22. The lowest BCUT2D eigenvalue weighted by atomic mass is 10.1. The highest BCUT2D eigenvalue weighted by Gasteiger charge is 2.17. The molecule has 0 N–H and O–H groups in total. The van der Waals surface area contributed by atoms with Crippen molar-refractivity contribution < 1.29 is 14.3 Å². The summed E-state index contributed by atoms with van der Waals surface area (Å²) in [5, 5.41) is 0.716. The average Bonchev–Trinajstić information content (AvgIpc) is 2.48. The second-order valence-electron chi connectivity index (χ2n) is 5.49. The standard InChI is InChI=1S/C17H24ClNO3/c1-13(2)19(12-11-17(21)22-3)16(20)6-4-5-14-7-9-15(18)10-8-14/h7-10,13H,4-6,11-12H2,1-3H3.